The molecule has 2 aromatic carbocycles. The molecule has 2 atom stereocenters. The lowest BCUT2D eigenvalue weighted by atomic mass is 9.81. The van der Waals surface area contributed by atoms with Crippen LogP contribution >= 0.6 is 0 Å². The van der Waals surface area contributed by atoms with Gasteiger partial charge in [0.05, 0.1) is 19.4 Å². The molecule has 32 heavy (non-hydrogen) atoms. The van der Waals surface area contributed by atoms with Crippen molar-refractivity contribution in [3.8, 4) is 5.75 Å². The zero-order chi connectivity index (χ0) is 23.1. The van der Waals surface area contributed by atoms with E-state index in [9.17, 15) is 9.59 Å². The summed E-state index contributed by atoms with van der Waals surface area (Å²) in [5.74, 6) is 0.554. The van der Waals surface area contributed by atoms with E-state index in [0.29, 0.717) is 24.5 Å². The monoisotopic (exact) mass is 437 g/mol. The largest absolute Gasteiger partial charge is 0.497 e. The predicted octanol–water partition coefficient (Wildman–Crippen LogP) is 5.69. The second-order valence-electron chi connectivity index (χ2n) is 8.80. The van der Waals surface area contributed by atoms with Gasteiger partial charge in [0.2, 0.25) is 0 Å². The predicted molar refractivity (Wildman–Crippen MR) is 124 cm³/mol. The number of esters is 1. The van der Waals surface area contributed by atoms with Crippen LogP contribution in [0.3, 0.4) is 0 Å². The first-order chi connectivity index (χ1) is 15.3. The Bertz CT molecular complexity index is 931. The molecule has 0 spiro atoms. The van der Waals surface area contributed by atoms with Crippen LogP contribution in [0.1, 0.15) is 45.1 Å². The highest BCUT2D eigenvalue weighted by atomic mass is 16.6. The first kappa shape index (κ1) is 23.4. The summed E-state index contributed by atoms with van der Waals surface area (Å²) in [5.41, 5.74) is 1.11. The van der Waals surface area contributed by atoms with Gasteiger partial charge in [0.15, 0.2) is 0 Å². The van der Waals surface area contributed by atoms with Crippen LogP contribution in [0, 0.1) is 5.92 Å². The van der Waals surface area contributed by atoms with Gasteiger partial charge in [-0.2, -0.15) is 0 Å². The molecule has 2 aromatic rings. The number of nitrogens with zero attached hydrogens (tertiary/aromatic N) is 1. The first-order valence-electron chi connectivity index (χ1n) is 10.8. The number of benzene rings is 2. The summed E-state index contributed by atoms with van der Waals surface area (Å²) in [7, 11) is 1.60. The fourth-order valence-electron chi connectivity index (χ4n) is 3.71. The van der Waals surface area contributed by atoms with Crippen LogP contribution in [0.5, 0.6) is 5.75 Å². The van der Waals surface area contributed by atoms with E-state index in [1.54, 1.807) is 25.4 Å². The highest BCUT2D eigenvalue weighted by molar-refractivity contribution is 5.90. The third-order valence-electron chi connectivity index (χ3n) is 5.26. The zero-order valence-corrected chi connectivity index (χ0v) is 19.1. The Labute approximate surface area is 189 Å². The zero-order valence-electron chi connectivity index (χ0n) is 19.1. The average molecular weight is 438 g/mol. The molecule has 1 amide bonds. The SMILES string of the molecule is COc1ccc(N(/C=C\[C@H](c2ccccc2)C2CCOC(=O)C2)C(=O)OC(C)(C)C)cc1. The minimum absolute atomic E-state index is 0.0489. The normalized spacial score (nSPS) is 17.5. The average Bonchev–Trinajstić information content (AvgIpc) is 2.76. The molecule has 0 bridgehead atoms. The van der Waals surface area contributed by atoms with Gasteiger partial charge in [-0.15, -0.1) is 0 Å². The molecule has 1 aliphatic heterocycles. The Morgan fingerprint density at radius 1 is 1.12 bits per heavy atom. The molecule has 0 aliphatic carbocycles. The third kappa shape index (κ3) is 6.36. The number of methoxy groups -OCH3 is 1. The fraction of sp³-hybridized carbons (Fsp3) is 0.385. The van der Waals surface area contributed by atoms with Crippen molar-refractivity contribution < 1.29 is 23.8 Å². The standard InChI is InChI=1S/C26H31NO5/c1-26(2,3)32-25(29)27(21-10-12-22(30-4)13-11-21)16-14-23(19-8-6-5-7-9-19)20-15-17-31-24(28)18-20/h5-14,16,20,23H,15,17-18H2,1-4H3/b16-14-/t20?,23-/m1/s1. The van der Waals surface area contributed by atoms with Gasteiger partial charge in [0.25, 0.3) is 0 Å². The first-order valence-corrected chi connectivity index (χ1v) is 10.8. The molecule has 6 heteroatoms. The summed E-state index contributed by atoms with van der Waals surface area (Å²) in [6.45, 7) is 5.92. The van der Waals surface area contributed by atoms with E-state index in [-0.39, 0.29) is 17.8 Å². The summed E-state index contributed by atoms with van der Waals surface area (Å²) in [6, 6.07) is 17.2. The van der Waals surface area contributed by atoms with Crippen LogP contribution in [0.4, 0.5) is 10.5 Å². The molecule has 1 fully saturated rings. The molecule has 0 aromatic heterocycles. The summed E-state index contributed by atoms with van der Waals surface area (Å²) in [5, 5.41) is 0. The number of hydrogen-bond acceptors (Lipinski definition) is 5. The number of carbonyl (C=O) groups excluding carboxylic acids is 2. The molecule has 3 rings (SSSR count). The maximum Gasteiger partial charge on any atom is 0.418 e. The number of ether oxygens (including phenoxy) is 3. The lowest BCUT2D eigenvalue weighted by Gasteiger charge is -2.29. The molecular formula is C26H31NO5. The maximum absolute atomic E-state index is 13.0. The summed E-state index contributed by atoms with van der Waals surface area (Å²) < 4.78 is 16.0. The van der Waals surface area contributed by atoms with E-state index in [1.807, 2.05) is 69.3 Å². The van der Waals surface area contributed by atoms with Gasteiger partial charge in [-0.25, -0.2) is 4.79 Å². The second kappa shape index (κ2) is 10.4. The van der Waals surface area contributed by atoms with Gasteiger partial charge < -0.3 is 14.2 Å². The molecule has 0 radical (unpaired) electrons. The van der Waals surface area contributed by atoms with E-state index in [4.69, 9.17) is 14.2 Å². The molecule has 1 heterocycles. The molecule has 170 valence electrons. The Morgan fingerprint density at radius 3 is 2.41 bits per heavy atom. The molecule has 0 saturated carbocycles. The third-order valence-corrected chi connectivity index (χ3v) is 5.26. The van der Waals surface area contributed by atoms with E-state index >= 15 is 0 Å². The quantitative estimate of drug-likeness (QED) is 0.544. The number of cyclic esters (lactones) is 1. The Kier molecular flexibility index (Phi) is 7.57. The van der Waals surface area contributed by atoms with Crippen molar-refractivity contribution in [2.45, 2.75) is 45.1 Å². The fourth-order valence-corrected chi connectivity index (χ4v) is 3.71. The van der Waals surface area contributed by atoms with Gasteiger partial charge in [0.1, 0.15) is 11.4 Å². The smallest absolute Gasteiger partial charge is 0.418 e. The maximum atomic E-state index is 13.0. The van der Waals surface area contributed by atoms with Crippen molar-refractivity contribution >= 4 is 17.7 Å². The number of anilines is 1. The van der Waals surface area contributed by atoms with Crippen LogP contribution in [0.25, 0.3) is 0 Å². The number of rotatable bonds is 6. The Hall–Kier alpha value is -3.28. The molecule has 0 N–H and O–H groups in total. The molecule has 1 saturated heterocycles. The highest BCUT2D eigenvalue weighted by Gasteiger charge is 2.29. The lowest BCUT2D eigenvalue weighted by Crippen LogP contribution is -2.34. The van der Waals surface area contributed by atoms with Gasteiger partial charge in [-0.3, -0.25) is 9.69 Å². The van der Waals surface area contributed by atoms with Crippen molar-refractivity contribution in [3.05, 3.63) is 72.4 Å². The van der Waals surface area contributed by atoms with Crippen molar-refractivity contribution in [2.75, 3.05) is 18.6 Å². The summed E-state index contributed by atoms with van der Waals surface area (Å²) in [4.78, 5) is 26.5. The molecule has 1 unspecified atom stereocenters. The molecule has 1 aliphatic rings. The van der Waals surface area contributed by atoms with Gasteiger partial charge in [0, 0.05) is 18.5 Å². The van der Waals surface area contributed by atoms with Crippen molar-refractivity contribution in [1.82, 2.24) is 0 Å². The molecule has 6 nitrogen and oxygen atoms in total. The highest BCUT2D eigenvalue weighted by Crippen LogP contribution is 2.34. The minimum Gasteiger partial charge on any atom is -0.497 e. The van der Waals surface area contributed by atoms with Crippen molar-refractivity contribution in [1.29, 1.82) is 0 Å². The van der Waals surface area contributed by atoms with Gasteiger partial charge >= 0.3 is 12.1 Å². The van der Waals surface area contributed by atoms with Crippen LogP contribution in [0.15, 0.2) is 66.9 Å². The van der Waals surface area contributed by atoms with Gasteiger partial charge in [-0.1, -0.05) is 36.4 Å². The van der Waals surface area contributed by atoms with Crippen molar-refractivity contribution in [3.63, 3.8) is 0 Å². The van der Waals surface area contributed by atoms with Crippen LogP contribution in [0.2, 0.25) is 0 Å². The van der Waals surface area contributed by atoms with Crippen molar-refractivity contribution in [2.24, 2.45) is 5.92 Å². The number of allylic oxidation sites excluding steroid dienone is 1. The topological polar surface area (TPSA) is 65.1 Å². The van der Waals surface area contributed by atoms with Crippen LogP contribution < -0.4 is 9.64 Å². The van der Waals surface area contributed by atoms with Crippen LogP contribution in [-0.4, -0.2) is 31.4 Å². The minimum atomic E-state index is -0.637. The van der Waals surface area contributed by atoms with E-state index in [1.165, 1.54) is 4.90 Å². The van der Waals surface area contributed by atoms with Crippen LogP contribution in [-0.2, 0) is 14.3 Å². The van der Waals surface area contributed by atoms with E-state index in [0.717, 1.165) is 12.0 Å². The number of carbonyl (C=O) groups is 2. The second-order valence-corrected chi connectivity index (χ2v) is 8.80. The lowest BCUT2D eigenvalue weighted by molar-refractivity contribution is -0.149. The Balaban J connectivity index is 1.95. The summed E-state index contributed by atoms with van der Waals surface area (Å²) >= 11 is 0. The number of amides is 1. The number of hydrogen-bond donors (Lipinski definition) is 0. The van der Waals surface area contributed by atoms with E-state index in [2.05, 4.69) is 0 Å². The van der Waals surface area contributed by atoms with Gasteiger partial charge in [-0.05, 0) is 62.9 Å². The summed E-state index contributed by atoms with van der Waals surface area (Å²) in [6.07, 6.45) is 4.36. The van der Waals surface area contributed by atoms with E-state index < -0.39 is 11.7 Å². The Morgan fingerprint density at radius 2 is 1.81 bits per heavy atom. The molecular weight excluding hydrogens is 406 g/mol.